The lowest BCUT2D eigenvalue weighted by Crippen LogP contribution is -2.25. The van der Waals surface area contributed by atoms with Crippen molar-refractivity contribution in [3.8, 4) is 0 Å². The van der Waals surface area contributed by atoms with Crippen molar-refractivity contribution >= 4 is 0 Å². The third-order valence-corrected chi connectivity index (χ3v) is 4.49. The molecule has 4 N–H and O–H groups in total. The van der Waals surface area contributed by atoms with Crippen molar-refractivity contribution in [1.29, 1.82) is 0 Å². The van der Waals surface area contributed by atoms with Crippen molar-refractivity contribution in [1.82, 2.24) is 0 Å². The first-order valence-corrected chi connectivity index (χ1v) is 7.74. The van der Waals surface area contributed by atoms with E-state index in [1.807, 2.05) is 12.5 Å². The van der Waals surface area contributed by atoms with Gasteiger partial charge in [0.15, 0.2) is 0 Å². The molecule has 0 aromatic carbocycles. The average molecular weight is 264 g/mol. The monoisotopic (exact) mass is 264 g/mol. The Bertz CT molecular complexity index is 268. The van der Waals surface area contributed by atoms with Crippen LogP contribution in [-0.4, -0.2) is 12.1 Å². The molecule has 0 aliphatic heterocycles. The highest BCUT2D eigenvalue weighted by Crippen LogP contribution is 2.25. The molecule has 0 heterocycles. The predicted octanol–water partition coefficient (Wildman–Crippen LogP) is 3.07. The summed E-state index contributed by atoms with van der Waals surface area (Å²) >= 11 is 0. The van der Waals surface area contributed by atoms with Crippen molar-refractivity contribution in [2.24, 2.45) is 23.3 Å². The topological polar surface area (TPSA) is 61.3 Å². The van der Waals surface area contributed by atoms with Gasteiger partial charge < -0.3 is 16.2 Å². The molecule has 3 nitrogen and oxygen atoms in total. The van der Waals surface area contributed by atoms with Crippen molar-refractivity contribution in [2.75, 3.05) is 0 Å². The lowest BCUT2D eigenvalue weighted by Gasteiger charge is -2.23. The Morgan fingerprint density at radius 2 is 1.00 bits per heavy atom. The third kappa shape index (κ3) is 5.37. The van der Waals surface area contributed by atoms with Crippen LogP contribution >= 0.6 is 0 Å². The zero-order chi connectivity index (χ0) is 13.5. The standard InChI is InChI=1S/C16H28N2O/c17-15-5-1-13(2-6-15)9-11-19-12-10-14-3-7-16(18)8-4-14/h9-16H,1-8,17-18H2. The van der Waals surface area contributed by atoms with Gasteiger partial charge in [0, 0.05) is 12.1 Å². The maximum absolute atomic E-state index is 5.89. The number of allylic oxidation sites excluding steroid dienone is 2. The summed E-state index contributed by atoms with van der Waals surface area (Å²) in [5.41, 5.74) is 11.8. The van der Waals surface area contributed by atoms with Crippen LogP contribution in [0.4, 0.5) is 0 Å². The minimum absolute atomic E-state index is 0.420. The molecule has 0 aromatic rings. The fraction of sp³-hybridized carbons (Fsp3) is 0.750. The highest BCUT2D eigenvalue weighted by atomic mass is 16.5. The van der Waals surface area contributed by atoms with Crippen LogP contribution in [-0.2, 0) is 4.74 Å². The molecule has 0 amide bonds. The van der Waals surface area contributed by atoms with Crippen molar-refractivity contribution in [3.63, 3.8) is 0 Å². The Kier molecular flexibility index (Phi) is 5.93. The van der Waals surface area contributed by atoms with E-state index in [9.17, 15) is 0 Å². The molecular weight excluding hydrogens is 236 g/mol. The van der Waals surface area contributed by atoms with Crippen LogP contribution in [0.2, 0.25) is 0 Å². The van der Waals surface area contributed by atoms with Gasteiger partial charge in [-0.1, -0.05) is 0 Å². The molecule has 0 saturated heterocycles. The Labute approximate surface area is 117 Å². The molecule has 2 rings (SSSR count). The van der Waals surface area contributed by atoms with Gasteiger partial charge >= 0.3 is 0 Å². The minimum atomic E-state index is 0.420. The van der Waals surface area contributed by atoms with Gasteiger partial charge in [-0.25, -0.2) is 0 Å². The van der Waals surface area contributed by atoms with E-state index in [0.717, 1.165) is 25.7 Å². The Hall–Kier alpha value is -0.800. The maximum Gasteiger partial charge on any atom is 0.0864 e. The molecule has 0 radical (unpaired) electrons. The quantitative estimate of drug-likeness (QED) is 0.767. The van der Waals surface area contributed by atoms with Gasteiger partial charge in [0.1, 0.15) is 0 Å². The normalized spacial score (nSPS) is 36.9. The smallest absolute Gasteiger partial charge is 0.0864 e. The third-order valence-electron chi connectivity index (χ3n) is 4.49. The van der Waals surface area contributed by atoms with E-state index in [1.165, 1.54) is 25.7 Å². The zero-order valence-corrected chi connectivity index (χ0v) is 11.8. The van der Waals surface area contributed by atoms with E-state index in [-0.39, 0.29) is 0 Å². The zero-order valence-electron chi connectivity index (χ0n) is 11.8. The molecule has 0 unspecified atom stereocenters. The van der Waals surface area contributed by atoms with Gasteiger partial charge in [0.25, 0.3) is 0 Å². The summed E-state index contributed by atoms with van der Waals surface area (Å²) in [6.45, 7) is 0. The van der Waals surface area contributed by atoms with Crippen LogP contribution in [0.5, 0.6) is 0 Å². The number of hydrogen-bond donors (Lipinski definition) is 2. The number of hydrogen-bond acceptors (Lipinski definition) is 3. The summed E-state index contributed by atoms with van der Waals surface area (Å²) in [5.74, 6) is 1.31. The summed E-state index contributed by atoms with van der Waals surface area (Å²) in [6, 6.07) is 0.839. The Balaban J connectivity index is 1.60. The molecule has 0 atom stereocenters. The van der Waals surface area contributed by atoms with Crippen molar-refractivity contribution in [3.05, 3.63) is 24.7 Å². The molecule has 2 aliphatic carbocycles. The SMILES string of the molecule is NC1CCC(C=COC=CC2CCC(N)CC2)CC1. The molecule has 0 spiro atoms. The van der Waals surface area contributed by atoms with Gasteiger partial charge in [-0.2, -0.15) is 0 Å². The van der Waals surface area contributed by atoms with E-state index >= 15 is 0 Å². The number of ether oxygens (including phenoxy) is 1. The number of rotatable bonds is 4. The molecule has 2 fully saturated rings. The summed E-state index contributed by atoms with van der Waals surface area (Å²) in [6.07, 6.45) is 17.4. The highest BCUT2D eigenvalue weighted by molar-refractivity contribution is 4.91. The maximum atomic E-state index is 5.89. The first-order chi connectivity index (χ1) is 9.24. The van der Waals surface area contributed by atoms with E-state index < -0.39 is 0 Å². The Morgan fingerprint density at radius 3 is 1.37 bits per heavy atom. The molecule has 0 bridgehead atoms. The van der Waals surface area contributed by atoms with E-state index in [0.29, 0.717) is 23.9 Å². The molecule has 2 saturated carbocycles. The minimum Gasteiger partial charge on any atom is -0.473 e. The average Bonchev–Trinajstić information content (AvgIpc) is 2.43. The summed E-state index contributed by atoms with van der Waals surface area (Å²) in [7, 11) is 0. The van der Waals surface area contributed by atoms with Crippen LogP contribution in [0.1, 0.15) is 51.4 Å². The van der Waals surface area contributed by atoms with Gasteiger partial charge in [0.2, 0.25) is 0 Å². The first kappa shape index (κ1) is 14.6. The van der Waals surface area contributed by atoms with Crippen LogP contribution in [0.25, 0.3) is 0 Å². The second kappa shape index (κ2) is 7.71. The van der Waals surface area contributed by atoms with E-state index in [2.05, 4.69) is 12.2 Å². The van der Waals surface area contributed by atoms with Crippen LogP contribution in [0.15, 0.2) is 24.7 Å². The molecular formula is C16H28N2O. The molecule has 19 heavy (non-hydrogen) atoms. The van der Waals surface area contributed by atoms with Gasteiger partial charge in [0.05, 0.1) is 12.5 Å². The van der Waals surface area contributed by atoms with Crippen LogP contribution < -0.4 is 11.5 Å². The summed E-state index contributed by atoms with van der Waals surface area (Å²) in [4.78, 5) is 0. The lowest BCUT2D eigenvalue weighted by atomic mass is 9.86. The Morgan fingerprint density at radius 1 is 0.632 bits per heavy atom. The van der Waals surface area contributed by atoms with Gasteiger partial charge in [-0.3, -0.25) is 0 Å². The fourth-order valence-corrected chi connectivity index (χ4v) is 3.03. The van der Waals surface area contributed by atoms with Gasteiger partial charge in [-0.05, 0) is 75.4 Å². The second-order valence-electron chi connectivity index (χ2n) is 6.14. The van der Waals surface area contributed by atoms with Crippen molar-refractivity contribution < 1.29 is 4.74 Å². The lowest BCUT2D eigenvalue weighted by molar-refractivity contribution is 0.345. The molecule has 108 valence electrons. The van der Waals surface area contributed by atoms with Gasteiger partial charge in [-0.15, -0.1) is 0 Å². The summed E-state index contributed by atoms with van der Waals surface area (Å²) < 4.78 is 5.47. The largest absolute Gasteiger partial charge is 0.473 e. The van der Waals surface area contributed by atoms with E-state index in [1.54, 1.807) is 0 Å². The predicted molar refractivity (Wildman–Crippen MR) is 79.2 cm³/mol. The fourth-order valence-electron chi connectivity index (χ4n) is 3.03. The van der Waals surface area contributed by atoms with E-state index in [4.69, 9.17) is 16.2 Å². The second-order valence-corrected chi connectivity index (χ2v) is 6.14. The first-order valence-electron chi connectivity index (χ1n) is 7.74. The van der Waals surface area contributed by atoms with Crippen LogP contribution in [0.3, 0.4) is 0 Å². The number of nitrogens with two attached hydrogens (primary N) is 2. The van der Waals surface area contributed by atoms with Crippen LogP contribution in [0, 0.1) is 11.8 Å². The molecule has 0 aromatic heterocycles. The molecule has 3 heteroatoms. The van der Waals surface area contributed by atoms with Crippen molar-refractivity contribution in [2.45, 2.75) is 63.5 Å². The molecule has 2 aliphatic rings. The highest BCUT2D eigenvalue weighted by Gasteiger charge is 2.16. The summed E-state index contributed by atoms with van der Waals surface area (Å²) in [5, 5.41) is 0.